The number of rotatable bonds is 10. The van der Waals surface area contributed by atoms with E-state index in [1.165, 1.54) is 12.8 Å². The third kappa shape index (κ3) is 4.75. The number of hydrogen-bond acceptors (Lipinski definition) is 4. The summed E-state index contributed by atoms with van der Waals surface area (Å²) in [6.45, 7) is 9.00. The predicted octanol–water partition coefficient (Wildman–Crippen LogP) is 0.587. The molecule has 0 spiro atoms. The molecule has 1 fully saturated rings. The number of amides is 1. The molecule has 0 heterocycles. The fourth-order valence-electron chi connectivity index (χ4n) is 2.53. The Bertz CT molecular complexity index is 294. The molecule has 1 amide bonds. The lowest BCUT2D eigenvalue weighted by atomic mass is 9.99. The van der Waals surface area contributed by atoms with Crippen molar-refractivity contribution in [1.29, 1.82) is 0 Å². The monoisotopic (exact) mass is 271 g/mol. The topological polar surface area (TPSA) is 67.6 Å². The summed E-state index contributed by atoms with van der Waals surface area (Å²) in [6, 6.07) is 0.479. The molecule has 0 radical (unpaired) electrons. The Kier molecular flexibility index (Phi) is 6.23. The maximum atomic E-state index is 11.7. The Morgan fingerprint density at radius 3 is 2.63 bits per heavy atom. The van der Waals surface area contributed by atoms with Gasteiger partial charge in [-0.25, -0.2) is 0 Å². The lowest BCUT2D eigenvalue weighted by Crippen LogP contribution is -2.61. The summed E-state index contributed by atoms with van der Waals surface area (Å²) in [5.41, 5.74) is 4.89. The average molecular weight is 271 g/mol. The van der Waals surface area contributed by atoms with Crippen molar-refractivity contribution in [1.82, 2.24) is 10.2 Å². The largest absolute Gasteiger partial charge is 0.383 e. The van der Waals surface area contributed by atoms with Crippen molar-refractivity contribution in [3.8, 4) is 0 Å². The summed E-state index contributed by atoms with van der Waals surface area (Å²) >= 11 is 0. The van der Waals surface area contributed by atoms with Crippen LogP contribution in [0.3, 0.4) is 0 Å². The summed E-state index contributed by atoms with van der Waals surface area (Å²) < 4.78 is 5.18. The zero-order chi connectivity index (χ0) is 14.5. The van der Waals surface area contributed by atoms with Gasteiger partial charge in [0.15, 0.2) is 0 Å². The third-order valence-electron chi connectivity index (χ3n) is 4.09. The van der Waals surface area contributed by atoms with Crippen LogP contribution in [0.1, 0.15) is 33.6 Å². The molecule has 3 N–H and O–H groups in total. The number of nitrogens with two attached hydrogens (primary N) is 1. The van der Waals surface area contributed by atoms with Crippen molar-refractivity contribution >= 4 is 5.91 Å². The molecule has 19 heavy (non-hydrogen) atoms. The molecule has 0 aliphatic heterocycles. The van der Waals surface area contributed by atoms with E-state index in [9.17, 15) is 4.79 Å². The van der Waals surface area contributed by atoms with Gasteiger partial charge in [0.1, 0.15) is 5.54 Å². The minimum absolute atomic E-state index is 0.292. The molecule has 5 heteroatoms. The Morgan fingerprint density at radius 1 is 1.58 bits per heavy atom. The van der Waals surface area contributed by atoms with Gasteiger partial charge in [0, 0.05) is 26.2 Å². The SMILES string of the molecule is CCNC(C)(CN(CCOC)C(C)C1CC1)C(N)=O. The molecule has 0 saturated heterocycles. The van der Waals surface area contributed by atoms with Crippen LogP contribution in [-0.2, 0) is 9.53 Å². The lowest BCUT2D eigenvalue weighted by molar-refractivity contribution is -0.125. The maximum absolute atomic E-state index is 11.7. The van der Waals surface area contributed by atoms with E-state index in [0.717, 1.165) is 19.0 Å². The summed E-state index contributed by atoms with van der Waals surface area (Å²) in [4.78, 5) is 14.1. The average Bonchev–Trinajstić information content (AvgIpc) is 3.18. The van der Waals surface area contributed by atoms with Crippen molar-refractivity contribution in [3.05, 3.63) is 0 Å². The molecule has 0 bridgehead atoms. The smallest absolute Gasteiger partial charge is 0.238 e. The van der Waals surface area contributed by atoms with Crippen molar-refractivity contribution in [3.63, 3.8) is 0 Å². The molecule has 0 aromatic carbocycles. The van der Waals surface area contributed by atoms with Crippen LogP contribution in [0.15, 0.2) is 0 Å². The minimum atomic E-state index is -0.675. The van der Waals surface area contributed by atoms with Gasteiger partial charge in [-0.05, 0) is 39.2 Å². The van der Waals surface area contributed by atoms with E-state index in [1.54, 1.807) is 7.11 Å². The van der Waals surface area contributed by atoms with Crippen LogP contribution in [0.4, 0.5) is 0 Å². The third-order valence-corrected chi connectivity index (χ3v) is 4.09. The van der Waals surface area contributed by atoms with Gasteiger partial charge in [-0.1, -0.05) is 6.92 Å². The Balaban J connectivity index is 2.69. The highest BCUT2D eigenvalue weighted by Gasteiger charge is 2.37. The zero-order valence-corrected chi connectivity index (χ0v) is 12.7. The highest BCUT2D eigenvalue weighted by Crippen LogP contribution is 2.35. The van der Waals surface area contributed by atoms with E-state index in [2.05, 4.69) is 17.1 Å². The molecule has 1 saturated carbocycles. The number of likely N-dealkylation sites (N-methyl/N-ethyl adjacent to an activating group) is 1. The van der Waals surface area contributed by atoms with Crippen LogP contribution in [0.25, 0.3) is 0 Å². The van der Waals surface area contributed by atoms with Gasteiger partial charge in [-0.3, -0.25) is 9.69 Å². The second-order valence-electron chi connectivity index (χ2n) is 5.77. The van der Waals surface area contributed by atoms with Gasteiger partial charge in [-0.15, -0.1) is 0 Å². The highest BCUT2D eigenvalue weighted by molar-refractivity contribution is 5.84. The minimum Gasteiger partial charge on any atom is -0.383 e. The first-order chi connectivity index (χ1) is 8.94. The molecular formula is C14H29N3O2. The fraction of sp³-hybridized carbons (Fsp3) is 0.929. The van der Waals surface area contributed by atoms with Crippen LogP contribution in [0.2, 0.25) is 0 Å². The Morgan fingerprint density at radius 2 is 2.21 bits per heavy atom. The first-order valence-electron chi connectivity index (χ1n) is 7.22. The lowest BCUT2D eigenvalue weighted by Gasteiger charge is -2.37. The molecule has 5 nitrogen and oxygen atoms in total. The normalized spacial score (nSPS) is 20.3. The summed E-state index contributed by atoms with van der Waals surface area (Å²) in [7, 11) is 1.71. The molecular weight excluding hydrogens is 242 g/mol. The molecule has 2 unspecified atom stereocenters. The van der Waals surface area contributed by atoms with Gasteiger partial charge in [-0.2, -0.15) is 0 Å². The summed E-state index contributed by atoms with van der Waals surface area (Å²) in [5.74, 6) is 0.468. The van der Waals surface area contributed by atoms with Crippen LogP contribution in [-0.4, -0.2) is 55.7 Å². The highest BCUT2D eigenvalue weighted by atomic mass is 16.5. The molecule has 112 valence electrons. The quantitative estimate of drug-likeness (QED) is 0.610. The van der Waals surface area contributed by atoms with E-state index in [0.29, 0.717) is 19.2 Å². The summed E-state index contributed by atoms with van der Waals surface area (Å²) in [6.07, 6.45) is 2.58. The first-order valence-corrected chi connectivity index (χ1v) is 7.22. The van der Waals surface area contributed by atoms with Crippen molar-refractivity contribution in [2.24, 2.45) is 11.7 Å². The number of nitrogens with zero attached hydrogens (tertiary/aromatic N) is 1. The molecule has 0 aromatic heterocycles. The van der Waals surface area contributed by atoms with Gasteiger partial charge in [0.25, 0.3) is 0 Å². The fourth-order valence-corrected chi connectivity index (χ4v) is 2.53. The van der Waals surface area contributed by atoms with E-state index in [1.807, 2.05) is 13.8 Å². The van der Waals surface area contributed by atoms with Crippen molar-refractivity contribution in [2.75, 3.05) is 33.4 Å². The number of carbonyl (C=O) groups excluding carboxylic acids is 1. The van der Waals surface area contributed by atoms with E-state index >= 15 is 0 Å². The van der Waals surface area contributed by atoms with Gasteiger partial charge in [0.05, 0.1) is 6.61 Å². The number of nitrogens with one attached hydrogen (secondary N) is 1. The van der Waals surface area contributed by atoms with E-state index in [4.69, 9.17) is 10.5 Å². The van der Waals surface area contributed by atoms with Crippen molar-refractivity contribution < 1.29 is 9.53 Å². The van der Waals surface area contributed by atoms with E-state index in [-0.39, 0.29) is 5.91 Å². The number of methoxy groups -OCH3 is 1. The molecule has 2 atom stereocenters. The summed E-state index contributed by atoms with van der Waals surface area (Å²) in [5, 5.41) is 3.22. The van der Waals surface area contributed by atoms with Crippen LogP contribution in [0, 0.1) is 5.92 Å². The second-order valence-corrected chi connectivity index (χ2v) is 5.77. The number of carbonyl (C=O) groups is 1. The van der Waals surface area contributed by atoms with Crippen LogP contribution in [0.5, 0.6) is 0 Å². The van der Waals surface area contributed by atoms with Crippen LogP contribution >= 0.6 is 0 Å². The number of hydrogen-bond donors (Lipinski definition) is 2. The van der Waals surface area contributed by atoms with Gasteiger partial charge in [0.2, 0.25) is 5.91 Å². The predicted molar refractivity (Wildman–Crippen MR) is 76.9 cm³/mol. The van der Waals surface area contributed by atoms with Crippen LogP contribution < -0.4 is 11.1 Å². The zero-order valence-electron chi connectivity index (χ0n) is 12.7. The number of ether oxygens (including phenoxy) is 1. The maximum Gasteiger partial charge on any atom is 0.238 e. The van der Waals surface area contributed by atoms with Gasteiger partial charge < -0.3 is 15.8 Å². The van der Waals surface area contributed by atoms with Gasteiger partial charge >= 0.3 is 0 Å². The standard InChI is InChI=1S/C14H29N3O2/c1-5-16-14(3,13(15)18)10-17(8-9-19-4)11(2)12-6-7-12/h11-12,16H,5-10H2,1-4H3,(H2,15,18). The molecule has 1 aliphatic carbocycles. The second kappa shape index (κ2) is 7.22. The molecule has 0 aromatic rings. The number of primary amides is 1. The Labute approximate surface area is 116 Å². The molecule has 1 rings (SSSR count). The van der Waals surface area contributed by atoms with Crippen molar-refractivity contribution in [2.45, 2.75) is 45.2 Å². The Hall–Kier alpha value is -0.650. The first kappa shape index (κ1) is 16.4. The van der Waals surface area contributed by atoms with E-state index < -0.39 is 5.54 Å². The molecule has 1 aliphatic rings.